The number of halogens is 2. The number of benzene rings is 2. The number of hydrogen-bond donors (Lipinski definition) is 5. The van der Waals surface area contributed by atoms with Crippen LogP contribution in [0.4, 0.5) is 26.2 Å². The molecular weight excluding hydrogens is 565 g/mol. The van der Waals surface area contributed by atoms with Crippen LogP contribution in [-0.4, -0.2) is 30.0 Å². The molecule has 7 N–H and O–H groups in total. The summed E-state index contributed by atoms with van der Waals surface area (Å²) >= 11 is 5.84. The summed E-state index contributed by atoms with van der Waals surface area (Å²) < 4.78 is 19.1. The molecule has 1 unspecified atom stereocenters. The number of anilines is 3. The van der Waals surface area contributed by atoms with Crippen molar-refractivity contribution in [1.82, 2.24) is 10.3 Å². The van der Waals surface area contributed by atoms with Gasteiger partial charge in [-0.05, 0) is 60.9 Å². The number of carbonyl (C=O) groups is 3. The van der Waals surface area contributed by atoms with E-state index in [-0.39, 0.29) is 28.2 Å². The highest BCUT2D eigenvalue weighted by Crippen LogP contribution is 2.33. The SMILES string of the molecule is COC(=O)Nc1ccc2c(c1)NC(=O)C(C)CCC[C@H](NC(=O)/C(N)=C/N(N)c1cccc(Cl)c1F)c1ccnc-2c1. The van der Waals surface area contributed by atoms with Crippen molar-refractivity contribution >= 4 is 46.6 Å². The molecule has 13 heteroatoms. The van der Waals surface area contributed by atoms with Gasteiger partial charge in [-0.1, -0.05) is 31.0 Å². The molecule has 42 heavy (non-hydrogen) atoms. The lowest BCUT2D eigenvalue weighted by atomic mass is 9.94. The van der Waals surface area contributed by atoms with Crippen molar-refractivity contribution in [2.45, 2.75) is 32.2 Å². The molecule has 0 radical (unpaired) electrons. The van der Waals surface area contributed by atoms with Crippen molar-refractivity contribution in [3.8, 4) is 11.3 Å². The molecule has 11 nitrogen and oxygen atoms in total. The number of fused-ring (bicyclic) bond motifs is 4. The molecule has 0 aliphatic carbocycles. The van der Waals surface area contributed by atoms with Crippen LogP contribution in [0.2, 0.25) is 5.02 Å². The molecule has 2 atom stereocenters. The molecule has 1 aromatic heterocycles. The first-order valence-corrected chi connectivity index (χ1v) is 13.5. The Morgan fingerprint density at radius 2 is 2.00 bits per heavy atom. The zero-order chi connectivity index (χ0) is 30.4. The second kappa shape index (κ2) is 13.3. The van der Waals surface area contributed by atoms with Gasteiger partial charge in [0.1, 0.15) is 5.70 Å². The number of aromatic nitrogens is 1. The minimum atomic E-state index is -0.749. The summed E-state index contributed by atoms with van der Waals surface area (Å²) in [5.74, 6) is 4.03. The maximum Gasteiger partial charge on any atom is 0.411 e. The number of nitrogens with two attached hydrogens (primary N) is 2. The fourth-order valence-electron chi connectivity index (χ4n) is 4.48. The summed E-state index contributed by atoms with van der Waals surface area (Å²) in [6.07, 6.45) is 3.72. The van der Waals surface area contributed by atoms with Crippen LogP contribution in [0.25, 0.3) is 11.3 Å². The Morgan fingerprint density at radius 1 is 1.21 bits per heavy atom. The molecule has 0 saturated heterocycles. The zero-order valence-electron chi connectivity index (χ0n) is 23.0. The highest BCUT2D eigenvalue weighted by atomic mass is 35.5. The summed E-state index contributed by atoms with van der Waals surface area (Å²) in [5.41, 5.74) is 8.52. The number of amides is 3. The van der Waals surface area contributed by atoms with Crippen molar-refractivity contribution < 1.29 is 23.5 Å². The Kier molecular flexibility index (Phi) is 9.60. The maximum atomic E-state index is 14.4. The van der Waals surface area contributed by atoms with Gasteiger partial charge >= 0.3 is 6.09 Å². The molecule has 0 fully saturated rings. The normalized spacial score (nSPS) is 17.1. The summed E-state index contributed by atoms with van der Waals surface area (Å²) in [7, 11) is 1.26. The van der Waals surface area contributed by atoms with Gasteiger partial charge in [0, 0.05) is 23.4 Å². The van der Waals surface area contributed by atoms with Crippen molar-refractivity contribution in [3.63, 3.8) is 0 Å². The number of rotatable bonds is 5. The third kappa shape index (κ3) is 7.14. The first-order chi connectivity index (χ1) is 20.1. The highest BCUT2D eigenvalue weighted by Gasteiger charge is 2.23. The lowest BCUT2D eigenvalue weighted by Gasteiger charge is -2.23. The van der Waals surface area contributed by atoms with Gasteiger partial charge in [0.2, 0.25) is 5.91 Å². The lowest BCUT2D eigenvalue weighted by molar-refractivity contribution is -0.120. The number of hydrogen-bond acceptors (Lipinski definition) is 8. The van der Waals surface area contributed by atoms with Gasteiger partial charge in [-0.2, -0.15) is 0 Å². The Labute approximate surface area is 247 Å². The number of carbonyl (C=O) groups excluding carboxylic acids is 3. The number of hydrazine groups is 1. The van der Waals surface area contributed by atoms with E-state index in [4.69, 9.17) is 23.2 Å². The number of methoxy groups -OCH3 is 1. The predicted molar refractivity (Wildman–Crippen MR) is 159 cm³/mol. The minimum Gasteiger partial charge on any atom is -0.453 e. The van der Waals surface area contributed by atoms with E-state index in [2.05, 4.69) is 25.7 Å². The molecule has 3 amide bonds. The molecule has 0 spiro atoms. The van der Waals surface area contributed by atoms with E-state index >= 15 is 0 Å². The maximum absolute atomic E-state index is 14.4. The van der Waals surface area contributed by atoms with Gasteiger partial charge in [-0.25, -0.2) is 15.0 Å². The van der Waals surface area contributed by atoms with Crippen LogP contribution >= 0.6 is 11.6 Å². The summed E-state index contributed by atoms with van der Waals surface area (Å²) in [5, 5.41) is 9.24. The third-order valence-electron chi connectivity index (χ3n) is 6.80. The van der Waals surface area contributed by atoms with Gasteiger partial charge in [0.15, 0.2) is 5.82 Å². The fraction of sp³-hybridized carbons (Fsp3) is 0.241. The summed E-state index contributed by atoms with van der Waals surface area (Å²) in [6.45, 7) is 1.81. The molecule has 2 bridgehead atoms. The molecule has 3 aromatic rings. The van der Waals surface area contributed by atoms with Gasteiger partial charge in [0.25, 0.3) is 5.91 Å². The minimum absolute atomic E-state index is 0.0566. The van der Waals surface area contributed by atoms with Gasteiger partial charge in [-0.15, -0.1) is 0 Å². The Hall–Kier alpha value is -4.68. The standard InChI is InChI=1S/C29H31ClFN7O4/c1-16-5-3-7-22(36-28(40)21(32)15-38(33)25-8-4-6-20(30)26(25)31)17-11-12-34-23(13-17)19-10-9-18(35-29(41)42-2)14-24(19)37-27(16)39/h4,6,8-16,22H,3,5,7,32-33H2,1-2H3,(H,35,41)(H,36,40)(H,37,39)/b21-15-/t16?,22-/m0/s1. The predicted octanol–water partition coefficient (Wildman–Crippen LogP) is 4.82. The molecule has 4 rings (SSSR count). The number of pyridine rings is 1. The van der Waals surface area contributed by atoms with E-state index in [1.807, 2.05) is 13.0 Å². The molecule has 0 saturated carbocycles. The summed E-state index contributed by atoms with van der Waals surface area (Å²) in [6, 6.07) is 12.4. The van der Waals surface area contributed by atoms with Crippen molar-refractivity contribution in [2.24, 2.45) is 17.5 Å². The monoisotopic (exact) mass is 595 g/mol. The van der Waals surface area contributed by atoms with E-state index in [1.165, 1.54) is 25.3 Å². The molecular formula is C29H31ClFN7O4. The van der Waals surface area contributed by atoms with Gasteiger partial charge in [-0.3, -0.25) is 24.9 Å². The van der Waals surface area contributed by atoms with E-state index in [0.29, 0.717) is 41.9 Å². The lowest BCUT2D eigenvalue weighted by Crippen LogP contribution is -2.35. The van der Waals surface area contributed by atoms with E-state index in [0.717, 1.165) is 16.8 Å². The smallest absolute Gasteiger partial charge is 0.411 e. The van der Waals surface area contributed by atoms with Gasteiger partial charge < -0.3 is 21.1 Å². The van der Waals surface area contributed by atoms with Crippen LogP contribution in [0.5, 0.6) is 0 Å². The number of nitrogens with zero attached hydrogens (tertiary/aromatic N) is 2. The molecule has 2 heterocycles. The molecule has 220 valence electrons. The third-order valence-corrected chi connectivity index (χ3v) is 7.10. The molecule has 1 aliphatic rings. The van der Waals surface area contributed by atoms with Crippen molar-refractivity contribution in [3.05, 3.63) is 83.0 Å². The van der Waals surface area contributed by atoms with Crippen molar-refractivity contribution in [1.29, 1.82) is 0 Å². The average molecular weight is 596 g/mol. The van der Waals surface area contributed by atoms with Crippen LogP contribution in [0.1, 0.15) is 37.8 Å². The average Bonchev–Trinajstić information content (AvgIpc) is 2.97. The Bertz CT molecular complexity index is 1530. The first kappa shape index (κ1) is 30.3. The second-order valence-corrected chi connectivity index (χ2v) is 10.2. The van der Waals surface area contributed by atoms with Crippen LogP contribution in [0.3, 0.4) is 0 Å². The second-order valence-electron chi connectivity index (χ2n) is 9.76. The highest BCUT2D eigenvalue weighted by molar-refractivity contribution is 6.31. The molecule has 1 aliphatic heterocycles. The quantitative estimate of drug-likeness (QED) is 0.159. The van der Waals surface area contributed by atoms with Gasteiger partial charge in [0.05, 0.1) is 41.4 Å². The van der Waals surface area contributed by atoms with Crippen LogP contribution in [0.15, 0.2) is 66.6 Å². The molecule has 2 aromatic carbocycles. The fourth-order valence-corrected chi connectivity index (χ4v) is 4.65. The number of nitrogens with one attached hydrogen (secondary N) is 3. The van der Waals surface area contributed by atoms with Crippen molar-refractivity contribution in [2.75, 3.05) is 22.8 Å². The Balaban J connectivity index is 1.65. The van der Waals surface area contributed by atoms with Crippen LogP contribution in [-0.2, 0) is 14.3 Å². The van der Waals surface area contributed by atoms with E-state index < -0.39 is 23.9 Å². The van der Waals surface area contributed by atoms with Crippen LogP contribution in [0, 0.1) is 11.7 Å². The zero-order valence-corrected chi connectivity index (χ0v) is 23.7. The Morgan fingerprint density at radius 3 is 2.76 bits per heavy atom. The largest absolute Gasteiger partial charge is 0.453 e. The van der Waals surface area contributed by atoms with E-state index in [9.17, 15) is 18.8 Å². The van der Waals surface area contributed by atoms with E-state index in [1.54, 1.807) is 30.5 Å². The first-order valence-electron chi connectivity index (χ1n) is 13.1. The topological polar surface area (TPSA) is 165 Å². The number of ether oxygens (including phenoxy) is 1. The van der Waals surface area contributed by atoms with Crippen LogP contribution < -0.4 is 32.5 Å². The summed E-state index contributed by atoms with van der Waals surface area (Å²) in [4.78, 5) is 42.4.